The highest BCUT2D eigenvalue weighted by atomic mass is 16.3. The molecule has 1 heterocycles. The minimum atomic E-state index is 0.350. The van der Waals surface area contributed by atoms with E-state index in [1.54, 1.807) is 0 Å². The lowest BCUT2D eigenvalue weighted by molar-refractivity contribution is 0.0940. The minimum absolute atomic E-state index is 0.350. The average Bonchev–Trinajstić information content (AvgIpc) is 2.40. The predicted octanol–water partition coefficient (Wildman–Crippen LogP) is 2.89. The topological polar surface area (TPSA) is 35.5 Å². The van der Waals surface area contributed by atoms with Crippen molar-refractivity contribution in [1.29, 1.82) is 0 Å². The van der Waals surface area contributed by atoms with Gasteiger partial charge in [0.25, 0.3) is 0 Å². The fraction of sp³-hybridized carbons (Fsp3) is 1.00. The standard InChI is InChI=1S/C17H36N2O/c1-4-9-17(3,14-18-10-5-2)15-19-11-6-7-16(13-19)8-12-20/h16,18,20H,4-15H2,1-3H3. The SMILES string of the molecule is CCCNCC(C)(CCC)CN1CCCC(CCO)C1. The quantitative estimate of drug-likeness (QED) is 0.606. The minimum Gasteiger partial charge on any atom is -0.396 e. The Bertz CT molecular complexity index is 245. The third-order valence-corrected chi connectivity index (χ3v) is 4.58. The molecule has 3 nitrogen and oxygen atoms in total. The molecule has 2 atom stereocenters. The number of aliphatic hydroxyl groups is 1. The highest BCUT2D eigenvalue weighted by molar-refractivity contribution is 4.83. The summed E-state index contributed by atoms with van der Waals surface area (Å²) in [6, 6.07) is 0. The molecule has 0 bridgehead atoms. The van der Waals surface area contributed by atoms with Crippen LogP contribution in [0, 0.1) is 11.3 Å². The van der Waals surface area contributed by atoms with Crippen LogP contribution in [0.4, 0.5) is 0 Å². The Labute approximate surface area is 126 Å². The Hall–Kier alpha value is -0.120. The molecule has 0 aromatic rings. The summed E-state index contributed by atoms with van der Waals surface area (Å²) in [7, 11) is 0. The molecular formula is C17H36N2O. The van der Waals surface area contributed by atoms with Gasteiger partial charge in [-0.05, 0) is 56.5 Å². The van der Waals surface area contributed by atoms with Gasteiger partial charge in [0, 0.05) is 26.2 Å². The second kappa shape index (κ2) is 9.75. The third-order valence-electron chi connectivity index (χ3n) is 4.58. The third kappa shape index (κ3) is 6.55. The molecule has 0 amide bonds. The molecule has 2 N–H and O–H groups in total. The van der Waals surface area contributed by atoms with E-state index in [9.17, 15) is 0 Å². The summed E-state index contributed by atoms with van der Waals surface area (Å²) < 4.78 is 0. The first-order valence-electron chi connectivity index (χ1n) is 8.67. The number of hydrogen-bond acceptors (Lipinski definition) is 3. The van der Waals surface area contributed by atoms with E-state index in [1.165, 1.54) is 51.7 Å². The van der Waals surface area contributed by atoms with Crippen LogP contribution in [0.15, 0.2) is 0 Å². The van der Waals surface area contributed by atoms with Gasteiger partial charge in [-0.3, -0.25) is 0 Å². The molecular weight excluding hydrogens is 248 g/mol. The summed E-state index contributed by atoms with van der Waals surface area (Å²) in [4.78, 5) is 2.65. The van der Waals surface area contributed by atoms with Crippen molar-refractivity contribution in [2.24, 2.45) is 11.3 Å². The van der Waals surface area contributed by atoms with Crippen LogP contribution in [0.1, 0.15) is 59.3 Å². The van der Waals surface area contributed by atoms with Crippen LogP contribution in [0.3, 0.4) is 0 Å². The Balaban J connectivity index is 2.46. The molecule has 0 aromatic heterocycles. The van der Waals surface area contributed by atoms with E-state index in [0.29, 0.717) is 17.9 Å². The zero-order chi connectivity index (χ0) is 14.8. The zero-order valence-electron chi connectivity index (χ0n) is 14.0. The van der Waals surface area contributed by atoms with Crippen LogP contribution in [-0.2, 0) is 0 Å². The zero-order valence-corrected chi connectivity index (χ0v) is 14.0. The first kappa shape index (κ1) is 17.9. The fourth-order valence-corrected chi connectivity index (χ4v) is 3.65. The molecule has 0 radical (unpaired) electrons. The van der Waals surface area contributed by atoms with E-state index in [0.717, 1.165) is 19.5 Å². The number of hydrogen-bond donors (Lipinski definition) is 2. The van der Waals surface area contributed by atoms with Crippen molar-refractivity contribution in [2.75, 3.05) is 39.3 Å². The van der Waals surface area contributed by atoms with Crippen LogP contribution in [-0.4, -0.2) is 49.3 Å². The number of nitrogens with zero attached hydrogens (tertiary/aromatic N) is 1. The smallest absolute Gasteiger partial charge is 0.0434 e. The molecule has 0 aliphatic carbocycles. The van der Waals surface area contributed by atoms with Crippen molar-refractivity contribution in [3.63, 3.8) is 0 Å². The number of aliphatic hydroxyl groups excluding tert-OH is 1. The maximum absolute atomic E-state index is 9.14. The highest BCUT2D eigenvalue weighted by Gasteiger charge is 2.28. The molecule has 20 heavy (non-hydrogen) atoms. The van der Waals surface area contributed by atoms with Gasteiger partial charge in [-0.1, -0.05) is 27.2 Å². The highest BCUT2D eigenvalue weighted by Crippen LogP contribution is 2.27. The monoisotopic (exact) mass is 284 g/mol. The number of rotatable bonds is 10. The maximum Gasteiger partial charge on any atom is 0.0434 e. The number of likely N-dealkylation sites (tertiary alicyclic amines) is 1. The van der Waals surface area contributed by atoms with Crippen LogP contribution in [0.2, 0.25) is 0 Å². The second-order valence-electron chi connectivity index (χ2n) is 6.99. The molecule has 3 heteroatoms. The van der Waals surface area contributed by atoms with Crippen molar-refractivity contribution in [2.45, 2.75) is 59.3 Å². The molecule has 1 fully saturated rings. The van der Waals surface area contributed by atoms with Crippen LogP contribution >= 0.6 is 0 Å². The van der Waals surface area contributed by atoms with Gasteiger partial charge < -0.3 is 15.3 Å². The summed E-state index contributed by atoms with van der Waals surface area (Å²) in [5.41, 5.74) is 0.394. The van der Waals surface area contributed by atoms with Gasteiger partial charge in [0.2, 0.25) is 0 Å². The predicted molar refractivity (Wildman–Crippen MR) is 87.0 cm³/mol. The summed E-state index contributed by atoms with van der Waals surface area (Å²) >= 11 is 0. The lowest BCUT2D eigenvalue weighted by Gasteiger charge is -2.40. The van der Waals surface area contributed by atoms with Gasteiger partial charge >= 0.3 is 0 Å². The summed E-state index contributed by atoms with van der Waals surface area (Å²) in [5, 5.41) is 12.8. The molecule has 1 rings (SSSR count). The maximum atomic E-state index is 9.14. The number of nitrogens with one attached hydrogen (secondary N) is 1. The van der Waals surface area contributed by atoms with Crippen LogP contribution in [0.5, 0.6) is 0 Å². The summed E-state index contributed by atoms with van der Waals surface area (Å²) in [5.74, 6) is 0.711. The fourth-order valence-electron chi connectivity index (χ4n) is 3.65. The second-order valence-corrected chi connectivity index (χ2v) is 6.99. The molecule has 0 saturated carbocycles. The Morgan fingerprint density at radius 1 is 1.30 bits per heavy atom. The van der Waals surface area contributed by atoms with E-state index in [2.05, 4.69) is 31.0 Å². The van der Waals surface area contributed by atoms with Crippen molar-refractivity contribution < 1.29 is 5.11 Å². The Kier molecular flexibility index (Phi) is 8.74. The lowest BCUT2D eigenvalue weighted by Crippen LogP contribution is -2.46. The first-order chi connectivity index (χ1) is 9.63. The van der Waals surface area contributed by atoms with Gasteiger partial charge in [0.1, 0.15) is 0 Å². The van der Waals surface area contributed by atoms with Crippen molar-refractivity contribution in [3.8, 4) is 0 Å². The molecule has 1 aliphatic rings. The van der Waals surface area contributed by atoms with E-state index >= 15 is 0 Å². The van der Waals surface area contributed by atoms with Crippen molar-refractivity contribution in [1.82, 2.24) is 10.2 Å². The van der Waals surface area contributed by atoms with Gasteiger partial charge in [-0.2, -0.15) is 0 Å². The van der Waals surface area contributed by atoms with E-state index < -0.39 is 0 Å². The lowest BCUT2D eigenvalue weighted by atomic mass is 9.83. The summed E-state index contributed by atoms with van der Waals surface area (Å²) in [6.07, 6.45) is 7.35. The van der Waals surface area contributed by atoms with Crippen molar-refractivity contribution in [3.05, 3.63) is 0 Å². The first-order valence-corrected chi connectivity index (χ1v) is 8.67. The van der Waals surface area contributed by atoms with Gasteiger partial charge in [-0.25, -0.2) is 0 Å². The van der Waals surface area contributed by atoms with E-state index in [-0.39, 0.29) is 0 Å². The molecule has 1 saturated heterocycles. The van der Waals surface area contributed by atoms with Gasteiger partial charge in [-0.15, -0.1) is 0 Å². The normalized spacial score (nSPS) is 23.7. The van der Waals surface area contributed by atoms with Gasteiger partial charge in [0.15, 0.2) is 0 Å². The Morgan fingerprint density at radius 3 is 2.75 bits per heavy atom. The molecule has 0 spiro atoms. The summed E-state index contributed by atoms with van der Waals surface area (Å²) in [6.45, 7) is 13.2. The van der Waals surface area contributed by atoms with Crippen LogP contribution in [0.25, 0.3) is 0 Å². The Morgan fingerprint density at radius 2 is 2.10 bits per heavy atom. The largest absolute Gasteiger partial charge is 0.396 e. The molecule has 1 aliphatic heterocycles. The molecule has 2 unspecified atom stereocenters. The van der Waals surface area contributed by atoms with E-state index in [1.807, 2.05) is 0 Å². The van der Waals surface area contributed by atoms with Crippen molar-refractivity contribution >= 4 is 0 Å². The molecule has 0 aromatic carbocycles. The molecule has 120 valence electrons. The van der Waals surface area contributed by atoms with E-state index in [4.69, 9.17) is 5.11 Å². The van der Waals surface area contributed by atoms with Crippen LogP contribution < -0.4 is 5.32 Å². The van der Waals surface area contributed by atoms with Gasteiger partial charge in [0.05, 0.1) is 0 Å². The average molecular weight is 284 g/mol. The number of piperidine rings is 1.